The van der Waals surface area contributed by atoms with Crippen molar-refractivity contribution in [3.63, 3.8) is 0 Å². The van der Waals surface area contributed by atoms with E-state index in [-0.39, 0.29) is 11.0 Å². The summed E-state index contributed by atoms with van der Waals surface area (Å²) in [6.07, 6.45) is -2.35. The number of aromatic nitrogens is 3. The van der Waals surface area contributed by atoms with Crippen LogP contribution in [0.3, 0.4) is 0 Å². The molecule has 2 heterocycles. The monoisotopic (exact) mass is 423 g/mol. The third kappa shape index (κ3) is 2.71. The molecule has 1 N–H and O–H groups in total. The number of nitrogens with one attached hydrogen (secondary N) is 1. The first-order valence-corrected chi connectivity index (χ1v) is 7.18. The van der Waals surface area contributed by atoms with Crippen molar-refractivity contribution in [1.82, 2.24) is 15.0 Å². The van der Waals surface area contributed by atoms with Gasteiger partial charge in [0.2, 0.25) is 5.28 Å². The molecule has 1 aromatic carbocycles. The molecule has 0 unspecified atom stereocenters. The third-order valence-electron chi connectivity index (χ3n) is 2.96. The molecule has 0 aliphatic rings. The molecule has 0 radical (unpaired) electrons. The van der Waals surface area contributed by atoms with Gasteiger partial charge >= 0.3 is 6.18 Å². The molecule has 0 aliphatic carbocycles. The molecule has 0 aliphatic heterocycles. The van der Waals surface area contributed by atoms with E-state index in [4.69, 9.17) is 11.6 Å². The Labute approximate surface area is 135 Å². The van der Waals surface area contributed by atoms with Gasteiger partial charge in [0, 0.05) is 32.4 Å². The zero-order valence-corrected chi connectivity index (χ0v) is 13.1. The third-order valence-corrected chi connectivity index (χ3v) is 3.82. The van der Waals surface area contributed by atoms with Gasteiger partial charge in [0.25, 0.3) is 0 Å². The fraction of sp³-hybridized carbons (Fsp3) is 0.0769. The summed E-state index contributed by atoms with van der Waals surface area (Å²) < 4.78 is 40.3. The fourth-order valence-corrected chi connectivity index (χ4v) is 2.69. The quantitative estimate of drug-likeness (QED) is 0.447. The highest BCUT2D eigenvalue weighted by atomic mass is 127. The summed E-state index contributed by atoms with van der Waals surface area (Å²) in [7, 11) is 0. The second-order valence-corrected chi connectivity index (χ2v) is 5.88. The van der Waals surface area contributed by atoms with E-state index in [1.54, 1.807) is 6.07 Å². The Morgan fingerprint density at radius 3 is 2.71 bits per heavy atom. The van der Waals surface area contributed by atoms with Gasteiger partial charge in [0.05, 0.1) is 5.69 Å². The molecule has 2 aromatic heterocycles. The van der Waals surface area contributed by atoms with Gasteiger partial charge in [-0.2, -0.15) is 13.2 Å². The molecule has 0 bridgehead atoms. The number of H-pyrrole nitrogens is 1. The lowest BCUT2D eigenvalue weighted by Gasteiger charge is -2.11. The van der Waals surface area contributed by atoms with Crippen LogP contribution < -0.4 is 0 Å². The van der Waals surface area contributed by atoms with Gasteiger partial charge in [-0.1, -0.05) is 6.07 Å². The molecular weight excluding hydrogens is 418 g/mol. The van der Waals surface area contributed by atoms with Gasteiger partial charge in [0.15, 0.2) is 0 Å². The van der Waals surface area contributed by atoms with E-state index in [0.717, 1.165) is 9.09 Å². The van der Waals surface area contributed by atoms with Crippen molar-refractivity contribution < 1.29 is 13.2 Å². The molecule has 0 amide bonds. The van der Waals surface area contributed by atoms with Gasteiger partial charge in [-0.15, -0.1) is 0 Å². The minimum absolute atomic E-state index is 0.224. The maximum atomic E-state index is 13.1. The van der Waals surface area contributed by atoms with Crippen LogP contribution in [0.15, 0.2) is 30.6 Å². The molecule has 3 nitrogen and oxygen atoms in total. The Kier molecular flexibility index (Phi) is 3.56. The normalized spacial score (nSPS) is 12.0. The van der Waals surface area contributed by atoms with Gasteiger partial charge in [-0.25, -0.2) is 9.97 Å². The van der Waals surface area contributed by atoms with Gasteiger partial charge in [-0.05, 0) is 46.3 Å². The van der Waals surface area contributed by atoms with Crippen LogP contribution in [0.25, 0.3) is 22.2 Å². The average Bonchev–Trinajstić information content (AvgIpc) is 2.79. The molecule has 3 rings (SSSR count). The summed E-state index contributed by atoms with van der Waals surface area (Å²) in [5.74, 6) is 0. The second-order valence-electron chi connectivity index (χ2n) is 4.29. The zero-order valence-electron chi connectivity index (χ0n) is 10.2. The maximum Gasteiger partial charge on any atom is 0.419 e. The Balaban J connectivity index is 2.30. The van der Waals surface area contributed by atoms with Crippen molar-refractivity contribution in [3.05, 3.63) is 45.0 Å². The lowest BCUT2D eigenvalue weighted by atomic mass is 10.1. The van der Waals surface area contributed by atoms with Crippen LogP contribution in [0.2, 0.25) is 5.28 Å². The van der Waals surface area contributed by atoms with Crippen LogP contribution in [-0.4, -0.2) is 15.0 Å². The van der Waals surface area contributed by atoms with Gasteiger partial charge < -0.3 is 4.98 Å². The van der Waals surface area contributed by atoms with E-state index in [9.17, 15) is 13.2 Å². The molecular formula is C13H6ClF3IN3. The van der Waals surface area contributed by atoms with Crippen LogP contribution in [0.1, 0.15) is 5.56 Å². The number of halogens is 5. The molecule has 8 heteroatoms. The highest BCUT2D eigenvalue weighted by Crippen LogP contribution is 2.38. The summed E-state index contributed by atoms with van der Waals surface area (Å²) in [5.41, 5.74) is -0.0564. The largest absolute Gasteiger partial charge is 0.419 e. The smallest absolute Gasteiger partial charge is 0.360 e. The molecule has 0 saturated heterocycles. The van der Waals surface area contributed by atoms with Crippen LogP contribution in [0.4, 0.5) is 13.2 Å². The number of hydrogen-bond acceptors (Lipinski definition) is 2. The van der Waals surface area contributed by atoms with Crippen molar-refractivity contribution >= 4 is 45.1 Å². The maximum absolute atomic E-state index is 13.1. The molecule has 0 saturated carbocycles. The zero-order chi connectivity index (χ0) is 15.2. The first-order chi connectivity index (χ1) is 9.86. The second kappa shape index (κ2) is 5.13. The fourth-order valence-electron chi connectivity index (χ4n) is 2.07. The lowest BCUT2D eigenvalue weighted by molar-refractivity contribution is -0.137. The molecule has 0 spiro atoms. The van der Waals surface area contributed by atoms with E-state index < -0.39 is 11.7 Å². The van der Waals surface area contributed by atoms with E-state index in [2.05, 4.69) is 37.5 Å². The number of rotatable bonds is 1. The van der Waals surface area contributed by atoms with Crippen molar-refractivity contribution in [1.29, 1.82) is 0 Å². The molecule has 108 valence electrons. The van der Waals surface area contributed by atoms with E-state index >= 15 is 0 Å². The highest BCUT2D eigenvalue weighted by Gasteiger charge is 2.35. The Morgan fingerprint density at radius 2 is 2.00 bits per heavy atom. The van der Waals surface area contributed by atoms with Crippen molar-refractivity contribution in [2.75, 3.05) is 0 Å². The van der Waals surface area contributed by atoms with Crippen LogP contribution in [0.5, 0.6) is 0 Å². The number of benzene rings is 1. The summed E-state index contributed by atoms with van der Waals surface area (Å²) in [6.45, 7) is 0. The number of nitrogens with zero attached hydrogens (tertiary/aromatic N) is 2. The number of aromatic amines is 1. The van der Waals surface area contributed by atoms with E-state index in [0.29, 0.717) is 17.1 Å². The van der Waals surface area contributed by atoms with Crippen LogP contribution in [0, 0.1) is 3.57 Å². The minimum atomic E-state index is -4.55. The van der Waals surface area contributed by atoms with Crippen molar-refractivity contribution in [2.45, 2.75) is 6.18 Å². The van der Waals surface area contributed by atoms with Crippen molar-refractivity contribution in [2.24, 2.45) is 0 Å². The first-order valence-electron chi connectivity index (χ1n) is 5.73. The summed E-state index contributed by atoms with van der Waals surface area (Å²) in [4.78, 5) is 10.2. The summed E-state index contributed by atoms with van der Waals surface area (Å²) >= 11 is 7.79. The van der Waals surface area contributed by atoms with Crippen LogP contribution in [-0.2, 0) is 6.18 Å². The summed E-state index contributed by atoms with van der Waals surface area (Å²) in [5, 5.41) is 0.425. The number of alkyl halides is 3. The minimum Gasteiger partial charge on any atom is -0.360 e. The summed E-state index contributed by atoms with van der Waals surface area (Å²) in [6, 6.07) is 5.41. The Bertz CT molecular complexity index is 829. The van der Waals surface area contributed by atoms with Gasteiger partial charge in [0.1, 0.15) is 5.56 Å². The Hall–Kier alpha value is -1.35. The highest BCUT2D eigenvalue weighted by molar-refractivity contribution is 14.1. The Morgan fingerprint density at radius 1 is 1.24 bits per heavy atom. The SMILES string of the molecule is FC(F)(F)c1cnc(Cl)nc1-c1c[nH]c2cc(I)ccc12. The average molecular weight is 424 g/mol. The molecule has 0 atom stereocenters. The predicted molar refractivity (Wildman–Crippen MR) is 82.1 cm³/mol. The molecule has 0 fully saturated rings. The van der Waals surface area contributed by atoms with E-state index in [1.165, 1.54) is 6.20 Å². The lowest BCUT2D eigenvalue weighted by Crippen LogP contribution is -2.09. The molecule has 3 aromatic rings. The van der Waals surface area contributed by atoms with Crippen molar-refractivity contribution in [3.8, 4) is 11.3 Å². The number of fused-ring (bicyclic) bond motifs is 1. The predicted octanol–water partition coefficient (Wildman–Crippen LogP) is 4.90. The van der Waals surface area contributed by atoms with Gasteiger partial charge in [-0.3, -0.25) is 0 Å². The topological polar surface area (TPSA) is 41.6 Å². The standard InChI is InChI=1S/C13H6ClF3IN3/c14-12-20-5-9(13(15,16)17)11(21-12)8-4-19-10-3-6(18)1-2-7(8)10/h1-5,19H. The number of hydrogen-bond donors (Lipinski definition) is 1. The van der Waals surface area contributed by atoms with E-state index in [1.807, 2.05) is 12.1 Å². The first kappa shape index (κ1) is 14.6. The van der Waals surface area contributed by atoms with Crippen LogP contribution >= 0.6 is 34.2 Å². The molecule has 21 heavy (non-hydrogen) atoms.